The Morgan fingerprint density at radius 2 is 0.867 bits per heavy atom. The Kier molecular flexibility index (Phi) is 4.80. The molecular formula is C26H18N4. The third-order valence-electron chi connectivity index (χ3n) is 4.83. The van der Waals surface area contributed by atoms with Gasteiger partial charge in [-0.25, -0.2) is 19.9 Å². The molecule has 4 nitrogen and oxygen atoms in total. The first-order chi connectivity index (χ1) is 14.9. The second-order valence-electron chi connectivity index (χ2n) is 6.84. The van der Waals surface area contributed by atoms with E-state index in [4.69, 9.17) is 9.97 Å². The first-order valence-corrected chi connectivity index (χ1v) is 9.74. The van der Waals surface area contributed by atoms with E-state index in [0.717, 1.165) is 33.6 Å². The van der Waals surface area contributed by atoms with Crippen LogP contribution in [0.3, 0.4) is 0 Å². The van der Waals surface area contributed by atoms with Gasteiger partial charge in [-0.05, 0) is 12.1 Å². The fourth-order valence-corrected chi connectivity index (χ4v) is 3.31. The van der Waals surface area contributed by atoms with Gasteiger partial charge in [-0.1, -0.05) is 84.9 Å². The molecule has 5 aromatic rings. The Morgan fingerprint density at radius 1 is 0.400 bits per heavy atom. The number of aromatic nitrogens is 4. The molecule has 0 fully saturated rings. The highest BCUT2D eigenvalue weighted by Crippen LogP contribution is 2.28. The van der Waals surface area contributed by atoms with E-state index in [2.05, 4.69) is 34.2 Å². The van der Waals surface area contributed by atoms with Gasteiger partial charge in [0.15, 0.2) is 11.6 Å². The number of hydrogen-bond acceptors (Lipinski definition) is 4. The maximum absolute atomic E-state index is 4.86. The van der Waals surface area contributed by atoms with Gasteiger partial charge < -0.3 is 0 Å². The van der Waals surface area contributed by atoms with E-state index in [-0.39, 0.29) is 0 Å². The van der Waals surface area contributed by atoms with Gasteiger partial charge in [0.1, 0.15) is 0 Å². The van der Waals surface area contributed by atoms with Crippen molar-refractivity contribution < 1.29 is 0 Å². The molecule has 5 rings (SSSR count). The van der Waals surface area contributed by atoms with Crippen LogP contribution in [-0.2, 0) is 0 Å². The average molecular weight is 386 g/mol. The zero-order chi connectivity index (χ0) is 20.2. The van der Waals surface area contributed by atoms with Gasteiger partial charge in [-0.3, -0.25) is 0 Å². The van der Waals surface area contributed by atoms with Gasteiger partial charge in [0, 0.05) is 34.6 Å². The lowest BCUT2D eigenvalue weighted by molar-refractivity contribution is 1.17. The van der Waals surface area contributed by atoms with Crippen molar-refractivity contribution in [3.63, 3.8) is 0 Å². The van der Waals surface area contributed by atoms with Crippen molar-refractivity contribution in [1.82, 2.24) is 19.9 Å². The molecule has 0 spiro atoms. The van der Waals surface area contributed by atoms with Crippen molar-refractivity contribution in [2.24, 2.45) is 0 Å². The lowest BCUT2D eigenvalue weighted by Gasteiger charge is -2.10. The Balaban J connectivity index is 1.60. The summed E-state index contributed by atoms with van der Waals surface area (Å²) in [5.41, 5.74) is 5.82. The SMILES string of the molecule is c1ccc(-c2cc(-c3ccc(-c4ncccn4)cc3)nc(-c3ccccc3)n2)cc1. The molecule has 0 saturated heterocycles. The van der Waals surface area contributed by atoms with Gasteiger partial charge in [0.2, 0.25) is 0 Å². The van der Waals surface area contributed by atoms with Crippen molar-refractivity contribution in [3.8, 4) is 45.3 Å². The van der Waals surface area contributed by atoms with Gasteiger partial charge in [0.05, 0.1) is 11.4 Å². The average Bonchev–Trinajstić information content (AvgIpc) is 2.85. The molecule has 0 amide bonds. The lowest BCUT2D eigenvalue weighted by atomic mass is 10.0. The van der Waals surface area contributed by atoms with Crippen molar-refractivity contribution in [3.05, 3.63) is 109 Å². The molecule has 0 atom stereocenters. The second-order valence-corrected chi connectivity index (χ2v) is 6.84. The van der Waals surface area contributed by atoms with E-state index >= 15 is 0 Å². The summed E-state index contributed by atoms with van der Waals surface area (Å²) < 4.78 is 0. The quantitative estimate of drug-likeness (QED) is 0.384. The molecule has 4 heteroatoms. The van der Waals surface area contributed by atoms with Crippen molar-refractivity contribution in [1.29, 1.82) is 0 Å². The van der Waals surface area contributed by atoms with Gasteiger partial charge in [0.25, 0.3) is 0 Å². The summed E-state index contributed by atoms with van der Waals surface area (Å²) in [4.78, 5) is 18.3. The first kappa shape index (κ1) is 17.9. The normalized spacial score (nSPS) is 10.7. The first-order valence-electron chi connectivity index (χ1n) is 9.74. The van der Waals surface area contributed by atoms with Crippen molar-refractivity contribution in [2.45, 2.75) is 0 Å². The summed E-state index contributed by atoms with van der Waals surface area (Å²) in [6.07, 6.45) is 3.50. The minimum absolute atomic E-state index is 0.710. The molecule has 0 radical (unpaired) electrons. The smallest absolute Gasteiger partial charge is 0.160 e. The molecule has 0 unspecified atom stereocenters. The Hall–Kier alpha value is -4.18. The molecule has 0 aliphatic heterocycles. The lowest BCUT2D eigenvalue weighted by Crippen LogP contribution is -1.96. The topological polar surface area (TPSA) is 51.6 Å². The van der Waals surface area contributed by atoms with E-state index in [9.17, 15) is 0 Å². The largest absolute Gasteiger partial charge is 0.237 e. The van der Waals surface area contributed by atoms with Crippen LogP contribution in [0.25, 0.3) is 45.3 Å². The van der Waals surface area contributed by atoms with Crippen LogP contribution in [0.15, 0.2) is 109 Å². The van der Waals surface area contributed by atoms with Gasteiger partial charge in [-0.15, -0.1) is 0 Å². The highest BCUT2D eigenvalue weighted by molar-refractivity contribution is 5.73. The summed E-state index contributed by atoms with van der Waals surface area (Å²) >= 11 is 0. The minimum Gasteiger partial charge on any atom is -0.237 e. The summed E-state index contributed by atoms with van der Waals surface area (Å²) in [5, 5.41) is 0. The van der Waals surface area contributed by atoms with Crippen LogP contribution in [0.4, 0.5) is 0 Å². The maximum atomic E-state index is 4.86. The highest BCUT2D eigenvalue weighted by Gasteiger charge is 2.11. The molecule has 3 aromatic carbocycles. The minimum atomic E-state index is 0.710. The van der Waals surface area contributed by atoms with E-state index in [1.807, 2.05) is 72.8 Å². The Labute approximate surface area is 175 Å². The Bertz CT molecular complexity index is 1200. The van der Waals surface area contributed by atoms with E-state index in [1.54, 1.807) is 12.4 Å². The third-order valence-corrected chi connectivity index (χ3v) is 4.83. The fourth-order valence-electron chi connectivity index (χ4n) is 3.31. The molecule has 0 bridgehead atoms. The van der Waals surface area contributed by atoms with E-state index < -0.39 is 0 Å². The standard InChI is InChI=1S/C26H18N4/c1-3-8-19(9-4-1)23-18-24(30-26(29-23)21-10-5-2-6-11-21)20-12-14-22(15-13-20)25-27-16-7-17-28-25/h1-18H. The predicted octanol–water partition coefficient (Wildman–Crippen LogP) is 5.93. The number of benzene rings is 3. The zero-order valence-electron chi connectivity index (χ0n) is 16.2. The molecule has 30 heavy (non-hydrogen) atoms. The molecular weight excluding hydrogens is 368 g/mol. The van der Waals surface area contributed by atoms with Crippen LogP contribution in [0.2, 0.25) is 0 Å². The van der Waals surface area contributed by atoms with Gasteiger partial charge in [-0.2, -0.15) is 0 Å². The summed E-state index contributed by atoms with van der Waals surface area (Å²) in [7, 11) is 0. The monoisotopic (exact) mass is 386 g/mol. The van der Waals surface area contributed by atoms with Crippen molar-refractivity contribution >= 4 is 0 Å². The molecule has 2 aromatic heterocycles. The highest BCUT2D eigenvalue weighted by atomic mass is 14.9. The zero-order valence-corrected chi connectivity index (χ0v) is 16.2. The summed E-state index contributed by atoms with van der Waals surface area (Å²) in [6.45, 7) is 0. The third kappa shape index (κ3) is 3.71. The molecule has 0 saturated carbocycles. The molecule has 2 heterocycles. The molecule has 0 aliphatic rings. The molecule has 0 N–H and O–H groups in total. The summed E-state index contributed by atoms with van der Waals surface area (Å²) in [5.74, 6) is 1.42. The van der Waals surface area contributed by atoms with Crippen LogP contribution in [0, 0.1) is 0 Å². The summed E-state index contributed by atoms with van der Waals surface area (Å²) in [6, 6.07) is 32.3. The van der Waals surface area contributed by atoms with Crippen LogP contribution in [0.1, 0.15) is 0 Å². The fraction of sp³-hybridized carbons (Fsp3) is 0. The molecule has 142 valence electrons. The number of hydrogen-bond donors (Lipinski definition) is 0. The number of nitrogens with zero attached hydrogens (tertiary/aromatic N) is 4. The van der Waals surface area contributed by atoms with Crippen LogP contribution < -0.4 is 0 Å². The maximum Gasteiger partial charge on any atom is 0.160 e. The van der Waals surface area contributed by atoms with Crippen LogP contribution in [-0.4, -0.2) is 19.9 Å². The van der Waals surface area contributed by atoms with Crippen LogP contribution >= 0.6 is 0 Å². The van der Waals surface area contributed by atoms with Crippen LogP contribution in [0.5, 0.6) is 0 Å². The van der Waals surface area contributed by atoms with Gasteiger partial charge >= 0.3 is 0 Å². The van der Waals surface area contributed by atoms with E-state index in [1.165, 1.54) is 0 Å². The number of rotatable bonds is 4. The van der Waals surface area contributed by atoms with Crippen molar-refractivity contribution in [2.75, 3.05) is 0 Å². The second kappa shape index (κ2) is 8.05. The predicted molar refractivity (Wildman–Crippen MR) is 119 cm³/mol. The molecule has 0 aliphatic carbocycles. The Morgan fingerprint density at radius 3 is 1.47 bits per heavy atom. The van der Waals surface area contributed by atoms with E-state index in [0.29, 0.717) is 11.6 Å².